The minimum atomic E-state index is 0.228. The highest BCUT2D eigenvalue weighted by Gasteiger charge is 2.13. The molecule has 0 saturated carbocycles. The zero-order chi connectivity index (χ0) is 8.39. The van der Waals surface area contributed by atoms with E-state index < -0.39 is 0 Å². The molecule has 4 heteroatoms. The molecule has 0 bridgehead atoms. The summed E-state index contributed by atoms with van der Waals surface area (Å²) in [6.45, 7) is 0.228. The number of hydrogen-bond acceptors (Lipinski definition) is 4. The minimum absolute atomic E-state index is 0.228. The second-order valence-electron chi connectivity index (χ2n) is 2.21. The molecule has 0 amide bonds. The summed E-state index contributed by atoms with van der Waals surface area (Å²) >= 11 is 0. The average molecular weight is 163 g/mol. The fourth-order valence-electron chi connectivity index (χ4n) is 0.993. The average Bonchev–Trinajstić information content (AvgIpc) is 2.51. The molecular formula is C8H5NO3. The van der Waals surface area contributed by atoms with Crippen LogP contribution in [0.2, 0.25) is 0 Å². The van der Waals surface area contributed by atoms with Gasteiger partial charge >= 0.3 is 0 Å². The number of rotatable bonds is 1. The van der Waals surface area contributed by atoms with Gasteiger partial charge in [-0.15, -0.1) is 5.26 Å². The van der Waals surface area contributed by atoms with Gasteiger partial charge in [0.25, 0.3) is 6.26 Å². The quantitative estimate of drug-likeness (QED) is 0.585. The fraction of sp³-hybridized carbons (Fsp3) is 0.125. The summed E-state index contributed by atoms with van der Waals surface area (Å²) in [6.07, 6.45) is 1.58. The Balaban J connectivity index is 2.34. The van der Waals surface area contributed by atoms with E-state index in [-0.39, 0.29) is 6.79 Å². The molecule has 1 aliphatic rings. The second-order valence-corrected chi connectivity index (χ2v) is 2.21. The Morgan fingerprint density at radius 2 is 2.17 bits per heavy atom. The van der Waals surface area contributed by atoms with E-state index >= 15 is 0 Å². The topological polar surface area (TPSA) is 51.5 Å². The van der Waals surface area contributed by atoms with Crippen molar-refractivity contribution in [3.63, 3.8) is 0 Å². The summed E-state index contributed by atoms with van der Waals surface area (Å²) in [7, 11) is 0. The van der Waals surface area contributed by atoms with Crippen LogP contribution in [0, 0.1) is 11.5 Å². The zero-order valence-electron chi connectivity index (χ0n) is 6.11. The van der Waals surface area contributed by atoms with E-state index in [9.17, 15) is 0 Å². The van der Waals surface area contributed by atoms with Gasteiger partial charge in [-0.2, -0.15) is 0 Å². The highest BCUT2D eigenvalue weighted by Crippen LogP contribution is 2.34. The number of ether oxygens (including phenoxy) is 3. The van der Waals surface area contributed by atoms with Crippen LogP contribution < -0.4 is 14.2 Å². The first-order valence-electron chi connectivity index (χ1n) is 3.36. The van der Waals surface area contributed by atoms with Crippen molar-refractivity contribution in [3.8, 4) is 23.5 Å². The number of hydrogen-bond donors (Lipinski definition) is 0. The maximum absolute atomic E-state index is 8.22. The Morgan fingerprint density at radius 1 is 1.33 bits per heavy atom. The number of nitriles is 1. The molecule has 0 fully saturated rings. The van der Waals surface area contributed by atoms with Gasteiger partial charge < -0.3 is 14.2 Å². The number of nitrogens with zero attached hydrogens (tertiary/aromatic N) is 1. The molecule has 4 nitrogen and oxygen atoms in total. The van der Waals surface area contributed by atoms with Crippen LogP contribution in [-0.2, 0) is 0 Å². The van der Waals surface area contributed by atoms with Crippen molar-refractivity contribution in [1.82, 2.24) is 0 Å². The molecular weight excluding hydrogens is 158 g/mol. The lowest BCUT2D eigenvalue weighted by Gasteiger charge is -1.97. The van der Waals surface area contributed by atoms with Gasteiger partial charge in [0, 0.05) is 6.07 Å². The van der Waals surface area contributed by atoms with Crippen LogP contribution >= 0.6 is 0 Å². The maximum atomic E-state index is 8.22. The molecule has 0 saturated heterocycles. The Labute approximate surface area is 68.9 Å². The molecule has 0 spiro atoms. The van der Waals surface area contributed by atoms with Crippen molar-refractivity contribution in [2.24, 2.45) is 0 Å². The normalized spacial score (nSPS) is 12.2. The van der Waals surface area contributed by atoms with Gasteiger partial charge in [0.2, 0.25) is 6.79 Å². The number of fused-ring (bicyclic) bond motifs is 1. The highest BCUT2D eigenvalue weighted by molar-refractivity contribution is 5.47. The van der Waals surface area contributed by atoms with E-state index in [1.54, 1.807) is 24.5 Å². The van der Waals surface area contributed by atoms with Gasteiger partial charge in [0.1, 0.15) is 5.75 Å². The van der Waals surface area contributed by atoms with Crippen molar-refractivity contribution in [1.29, 1.82) is 5.26 Å². The van der Waals surface area contributed by atoms with Crippen molar-refractivity contribution in [2.75, 3.05) is 6.79 Å². The lowest BCUT2D eigenvalue weighted by molar-refractivity contribution is 0.174. The standard InChI is InChI=1S/C8H5NO3/c9-4-10-6-1-2-7-8(3-6)12-5-11-7/h1-3H,5H2. The van der Waals surface area contributed by atoms with Crippen molar-refractivity contribution in [2.45, 2.75) is 0 Å². The molecule has 0 radical (unpaired) electrons. The molecule has 0 aliphatic carbocycles. The summed E-state index contributed by atoms with van der Waals surface area (Å²) in [4.78, 5) is 0. The molecule has 0 aromatic heterocycles. The van der Waals surface area contributed by atoms with Gasteiger partial charge in [-0.3, -0.25) is 0 Å². The predicted octanol–water partition coefficient (Wildman–Crippen LogP) is 1.28. The van der Waals surface area contributed by atoms with E-state index in [1.165, 1.54) is 0 Å². The van der Waals surface area contributed by atoms with Gasteiger partial charge in [-0.05, 0) is 12.1 Å². The molecule has 1 aromatic carbocycles. The Bertz CT molecular complexity index is 343. The first kappa shape index (κ1) is 6.80. The first-order valence-corrected chi connectivity index (χ1v) is 3.36. The summed E-state index contributed by atoms with van der Waals surface area (Å²) in [5.74, 6) is 1.75. The summed E-state index contributed by atoms with van der Waals surface area (Å²) in [6, 6.07) is 4.97. The van der Waals surface area contributed by atoms with Crippen LogP contribution in [0.3, 0.4) is 0 Å². The van der Waals surface area contributed by atoms with Crippen molar-refractivity contribution >= 4 is 0 Å². The minimum Gasteiger partial charge on any atom is -0.454 e. The van der Waals surface area contributed by atoms with Gasteiger partial charge in [-0.1, -0.05) is 0 Å². The first-order chi connectivity index (χ1) is 5.90. The molecule has 0 atom stereocenters. The second kappa shape index (κ2) is 2.62. The van der Waals surface area contributed by atoms with Gasteiger partial charge in [0.15, 0.2) is 11.5 Å². The summed E-state index contributed by atoms with van der Waals surface area (Å²) in [5.41, 5.74) is 0. The third kappa shape index (κ3) is 1.01. The third-order valence-corrected chi connectivity index (χ3v) is 1.51. The predicted molar refractivity (Wildman–Crippen MR) is 38.8 cm³/mol. The summed E-state index contributed by atoms with van der Waals surface area (Å²) in [5, 5.41) is 8.22. The molecule has 1 heterocycles. The summed E-state index contributed by atoms with van der Waals surface area (Å²) < 4.78 is 14.7. The molecule has 2 rings (SSSR count). The Morgan fingerprint density at radius 3 is 3.00 bits per heavy atom. The van der Waals surface area contributed by atoms with E-state index in [4.69, 9.17) is 14.7 Å². The van der Waals surface area contributed by atoms with Crippen molar-refractivity contribution < 1.29 is 14.2 Å². The largest absolute Gasteiger partial charge is 0.454 e. The molecule has 0 N–H and O–H groups in total. The highest BCUT2D eigenvalue weighted by atomic mass is 16.7. The lowest BCUT2D eigenvalue weighted by atomic mass is 10.3. The maximum Gasteiger partial charge on any atom is 0.292 e. The molecule has 60 valence electrons. The van der Waals surface area contributed by atoms with Crippen LogP contribution in [0.25, 0.3) is 0 Å². The van der Waals surface area contributed by atoms with E-state index in [0.29, 0.717) is 17.2 Å². The van der Waals surface area contributed by atoms with Crippen LogP contribution in [0.1, 0.15) is 0 Å². The van der Waals surface area contributed by atoms with Crippen molar-refractivity contribution in [3.05, 3.63) is 18.2 Å². The number of benzene rings is 1. The Hall–Kier alpha value is -1.89. The smallest absolute Gasteiger partial charge is 0.292 e. The van der Waals surface area contributed by atoms with E-state index in [2.05, 4.69) is 4.74 Å². The van der Waals surface area contributed by atoms with Crippen LogP contribution in [0.5, 0.6) is 17.2 Å². The zero-order valence-corrected chi connectivity index (χ0v) is 6.11. The molecule has 1 aliphatic heterocycles. The fourth-order valence-corrected chi connectivity index (χ4v) is 0.993. The van der Waals surface area contributed by atoms with E-state index in [0.717, 1.165) is 0 Å². The van der Waals surface area contributed by atoms with Crippen LogP contribution in [-0.4, -0.2) is 6.79 Å². The molecule has 1 aromatic rings. The van der Waals surface area contributed by atoms with Gasteiger partial charge in [0.05, 0.1) is 0 Å². The SMILES string of the molecule is N#COc1ccc2c(c1)OCO2. The van der Waals surface area contributed by atoms with Crippen LogP contribution in [0.15, 0.2) is 18.2 Å². The van der Waals surface area contributed by atoms with Gasteiger partial charge in [-0.25, -0.2) is 0 Å². The molecule has 12 heavy (non-hydrogen) atoms. The third-order valence-electron chi connectivity index (χ3n) is 1.51. The van der Waals surface area contributed by atoms with Crippen LogP contribution in [0.4, 0.5) is 0 Å². The lowest BCUT2D eigenvalue weighted by Crippen LogP contribution is -1.92. The Kier molecular flexibility index (Phi) is 1.49. The monoisotopic (exact) mass is 163 g/mol. The molecule has 0 unspecified atom stereocenters. The van der Waals surface area contributed by atoms with E-state index in [1.807, 2.05) is 0 Å².